The van der Waals surface area contributed by atoms with Crippen LogP contribution in [-0.2, 0) is 13.5 Å². The van der Waals surface area contributed by atoms with Crippen molar-refractivity contribution in [1.82, 2.24) is 9.55 Å². The summed E-state index contributed by atoms with van der Waals surface area (Å²) in [5.74, 6) is 0.229. The second-order valence-electron chi connectivity index (χ2n) is 5.39. The van der Waals surface area contributed by atoms with Crippen molar-refractivity contribution >= 4 is 40.9 Å². The third kappa shape index (κ3) is 3.49. The Hall–Kier alpha value is -1.24. The molecule has 1 atom stereocenters. The lowest BCUT2D eigenvalue weighted by molar-refractivity contribution is 0.102. The second-order valence-corrected chi connectivity index (χ2v) is 8.21. The molecule has 0 unspecified atom stereocenters. The van der Waals surface area contributed by atoms with Gasteiger partial charge >= 0.3 is 0 Å². The highest BCUT2D eigenvalue weighted by Gasteiger charge is 2.25. The molecule has 1 aromatic carbocycles. The fraction of sp³-hybridized carbons (Fsp3) is 0.312. The highest BCUT2D eigenvalue weighted by Crippen LogP contribution is 2.34. The van der Waals surface area contributed by atoms with Crippen LogP contribution in [0.4, 0.5) is 0 Å². The van der Waals surface area contributed by atoms with Crippen molar-refractivity contribution in [3.05, 3.63) is 50.9 Å². The number of hydrogen-bond donors (Lipinski definition) is 0. The van der Waals surface area contributed by atoms with Crippen LogP contribution in [0.3, 0.4) is 0 Å². The number of nitrogens with zero attached hydrogens (tertiary/aromatic N) is 2. The van der Waals surface area contributed by atoms with Crippen molar-refractivity contribution in [2.24, 2.45) is 7.05 Å². The Balaban J connectivity index is 1.78. The molecule has 23 heavy (non-hydrogen) atoms. The normalized spacial score (nSPS) is 16.4. The van der Waals surface area contributed by atoms with Gasteiger partial charge in [0.25, 0.3) is 5.56 Å². The first-order valence-corrected chi connectivity index (χ1v) is 9.38. The van der Waals surface area contributed by atoms with E-state index in [0.29, 0.717) is 21.0 Å². The number of halogens is 1. The van der Waals surface area contributed by atoms with E-state index in [2.05, 4.69) is 11.9 Å². The van der Waals surface area contributed by atoms with Gasteiger partial charge in [-0.3, -0.25) is 14.2 Å². The molecule has 2 heterocycles. The average molecular weight is 367 g/mol. The average Bonchev–Trinajstić information content (AvgIpc) is 2.90. The molecule has 0 aliphatic carbocycles. The smallest absolute Gasteiger partial charge is 0.267 e. The number of hydrogen-bond acceptors (Lipinski definition) is 5. The van der Waals surface area contributed by atoms with Crippen molar-refractivity contribution in [3.8, 4) is 0 Å². The Kier molecular flexibility index (Phi) is 4.85. The van der Waals surface area contributed by atoms with Gasteiger partial charge in [0, 0.05) is 29.3 Å². The number of thioether (sulfide) groups is 2. The van der Waals surface area contributed by atoms with Gasteiger partial charge in [-0.25, -0.2) is 4.98 Å². The fourth-order valence-electron chi connectivity index (χ4n) is 2.35. The summed E-state index contributed by atoms with van der Waals surface area (Å²) in [5.41, 5.74) is 1.44. The Morgan fingerprint density at radius 2 is 2.13 bits per heavy atom. The van der Waals surface area contributed by atoms with Gasteiger partial charge in [-0.2, -0.15) is 0 Å². The monoisotopic (exact) mass is 366 g/mol. The number of rotatable bonds is 4. The van der Waals surface area contributed by atoms with E-state index in [1.807, 2.05) is 0 Å². The zero-order valence-corrected chi connectivity index (χ0v) is 15.1. The van der Waals surface area contributed by atoms with E-state index < -0.39 is 0 Å². The number of ketones is 1. The molecule has 1 aliphatic heterocycles. The zero-order chi connectivity index (χ0) is 16.6. The molecule has 0 spiro atoms. The summed E-state index contributed by atoms with van der Waals surface area (Å²) >= 11 is 8.70. The first-order chi connectivity index (χ1) is 11.0. The SMILES string of the molecule is C[C@@H]1Cc2nc(SCC(=O)c3ccc(Cl)cc3)n(C)c(=O)c2S1. The molecule has 0 N–H and O–H groups in total. The summed E-state index contributed by atoms with van der Waals surface area (Å²) in [6.45, 7) is 2.09. The topological polar surface area (TPSA) is 52.0 Å². The fourth-order valence-corrected chi connectivity index (χ4v) is 4.50. The second kappa shape index (κ2) is 6.71. The van der Waals surface area contributed by atoms with Gasteiger partial charge in [-0.1, -0.05) is 30.3 Å². The molecule has 0 bridgehead atoms. The van der Waals surface area contributed by atoms with Gasteiger partial charge in [0.2, 0.25) is 0 Å². The van der Waals surface area contributed by atoms with E-state index in [1.165, 1.54) is 16.3 Å². The number of fused-ring (bicyclic) bond motifs is 1. The summed E-state index contributed by atoms with van der Waals surface area (Å²) in [6.07, 6.45) is 0.800. The van der Waals surface area contributed by atoms with E-state index in [9.17, 15) is 9.59 Å². The molecule has 1 aliphatic rings. The van der Waals surface area contributed by atoms with Crippen LogP contribution in [0.2, 0.25) is 5.02 Å². The third-order valence-corrected chi connectivity index (χ3v) is 6.07. The summed E-state index contributed by atoms with van der Waals surface area (Å²) in [6, 6.07) is 6.81. The van der Waals surface area contributed by atoms with Gasteiger partial charge in [0.1, 0.15) is 0 Å². The molecule has 0 amide bonds. The zero-order valence-electron chi connectivity index (χ0n) is 12.7. The van der Waals surface area contributed by atoms with Crippen LogP contribution in [0, 0.1) is 0 Å². The molecule has 2 aromatic rings. The minimum atomic E-state index is -0.0224. The molecule has 4 nitrogen and oxygen atoms in total. The Morgan fingerprint density at radius 1 is 1.43 bits per heavy atom. The lowest BCUT2D eigenvalue weighted by Gasteiger charge is -2.08. The minimum absolute atomic E-state index is 0.0100. The summed E-state index contributed by atoms with van der Waals surface area (Å²) < 4.78 is 1.53. The van der Waals surface area contributed by atoms with Gasteiger partial charge in [0.05, 0.1) is 16.3 Å². The van der Waals surface area contributed by atoms with Crippen molar-refractivity contribution in [1.29, 1.82) is 0 Å². The lowest BCUT2D eigenvalue weighted by Crippen LogP contribution is -2.22. The molecule has 0 radical (unpaired) electrons. The number of aromatic nitrogens is 2. The van der Waals surface area contributed by atoms with Gasteiger partial charge < -0.3 is 0 Å². The minimum Gasteiger partial charge on any atom is -0.293 e. The molecular weight excluding hydrogens is 352 g/mol. The van der Waals surface area contributed by atoms with Crippen LogP contribution in [0.5, 0.6) is 0 Å². The van der Waals surface area contributed by atoms with Crippen LogP contribution in [0.15, 0.2) is 39.1 Å². The third-order valence-electron chi connectivity index (χ3n) is 3.58. The standard InChI is InChI=1S/C16H15ClN2O2S2/c1-9-7-12-14(23-9)15(21)19(2)16(18-12)22-8-13(20)10-3-5-11(17)6-4-10/h3-6,9H,7-8H2,1-2H3/t9-/m1/s1. The summed E-state index contributed by atoms with van der Waals surface area (Å²) in [5, 5.41) is 1.57. The van der Waals surface area contributed by atoms with Crippen molar-refractivity contribution in [2.45, 2.75) is 28.6 Å². The predicted molar refractivity (Wildman–Crippen MR) is 95.0 cm³/mol. The van der Waals surface area contributed by atoms with Crippen molar-refractivity contribution < 1.29 is 4.79 Å². The molecule has 1 aromatic heterocycles. The van der Waals surface area contributed by atoms with Crippen LogP contribution in [0.25, 0.3) is 0 Å². The number of carbonyl (C=O) groups excluding carboxylic acids is 1. The molecule has 0 saturated carbocycles. The van der Waals surface area contributed by atoms with E-state index in [-0.39, 0.29) is 17.1 Å². The van der Waals surface area contributed by atoms with Gasteiger partial charge in [-0.15, -0.1) is 11.8 Å². The number of Topliss-reactive ketones (excluding diaryl/α,β-unsaturated/α-hetero) is 1. The van der Waals surface area contributed by atoms with Crippen molar-refractivity contribution in [2.75, 3.05) is 5.75 Å². The molecule has 3 rings (SSSR count). The first-order valence-electron chi connectivity index (χ1n) is 7.14. The van der Waals surface area contributed by atoms with E-state index >= 15 is 0 Å². The highest BCUT2D eigenvalue weighted by atomic mass is 35.5. The van der Waals surface area contributed by atoms with E-state index in [1.54, 1.807) is 43.1 Å². The largest absolute Gasteiger partial charge is 0.293 e. The molecular formula is C16H15ClN2O2S2. The van der Waals surface area contributed by atoms with E-state index in [0.717, 1.165) is 17.0 Å². The molecule has 0 fully saturated rings. The summed E-state index contributed by atoms with van der Waals surface area (Å²) in [4.78, 5) is 29.9. The quantitative estimate of drug-likeness (QED) is 0.471. The highest BCUT2D eigenvalue weighted by molar-refractivity contribution is 8.00. The summed E-state index contributed by atoms with van der Waals surface area (Å²) in [7, 11) is 1.70. The molecule has 0 saturated heterocycles. The maximum atomic E-state index is 12.4. The Morgan fingerprint density at radius 3 is 2.83 bits per heavy atom. The van der Waals surface area contributed by atoms with Crippen LogP contribution in [0.1, 0.15) is 23.0 Å². The van der Waals surface area contributed by atoms with Gasteiger partial charge in [-0.05, 0) is 24.3 Å². The van der Waals surface area contributed by atoms with E-state index in [4.69, 9.17) is 11.6 Å². The molecule has 7 heteroatoms. The maximum absolute atomic E-state index is 12.4. The van der Waals surface area contributed by atoms with Crippen molar-refractivity contribution in [3.63, 3.8) is 0 Å². The number of benzene rings is 1. The predicted octanol–water partition coefficient (Wildman–Crippen LogP) is 3.45. The van der Waals surface area contributed by atoms with Crippen LogP contribution in [-0.4, -0.2) is 26.3 Å². The Labute approximate surface area is 147 Å². The number of carbonyl (C=O) groups is 1. The van der Waals surface area contributed by atoms with Crippen LogP contribution < -0.4 is 5.56 Å². The first kappa shape index (κ1) is 16.6. The lowest BCUT2D eigenvalue weighted by atomic mass is 10.1. The van der Waals surface area contributed by atoms with Gasteiger partial charge in [0.15, 0.2) is 10.9 Å². The van der Waals surface area contributed by atoms with Crippen LogP contribution >= 0.6 is 35.1 Å². The Bertz CT molecular complexity index is 818. The maximum Gasteiger partial charge on any atom is 0.267 e. The molecule has 120 valence electrons.